The zero-order valence-corrected chi connectivity index (χ0v) is 29.3. The lowest BCUT2D eigenvalue weighted by molar-refractivity contribution is -0.153. The van der Waals surface area contributed by atoms with E-state index < -0.39 is 23.8 Å². The van der Waals surface area contributed by atoms with Gasteiger partial charge >= 0.3 is 5.97 Å². The lowest BCUT2D eigenvalue weighted by Gasteiger charge is -2.39. The largest absolute Gasteiger partial charge is 0.481 e. The minimum absolute atomic E-state index is 0.111. The van der Waals surface area contributed by atoms with Gasteiger partial charge in [0.1, 0.15) is 11.9 Å². The van der Waals surface area contributed by atoms with Crippen LogP contribution in [-0.2, 0) is 21.4 Å². The fourth-order valence-corrected chi connectivity index (χ4v) is 6.81. The van der Waals surface area contributed by atoms with E-state index in [1.54, 1.807) is 0 Å². The van der Waals surface area contributed by atoms with Crippen LogP contribution in [0.1, 0.15) is 93.0 Å². The predicted octanol–water partition coefficient (Wildman–Crippen LogP) is 6.47. The number of aliphatic carboxylic acids is 1. The first-order valence-corrected chi connectivity index (χ1v) is 17.6. The summed E-state index contributed by atoms with van der Waals surface area (Å²) >= 11 is 0. The number of carboxylic acid groups (broad SMARTS) is 1. The van der Waals surface area contributed by atoms with E-state index in [1.807, 2.05) is 57.4 Å². The van der Waals surface area contributed by atoms with E-state index in [4.69, 9.17) is 0 Å². The first-order valence-electron chi connectivity index (χ1n) is 17.6. The summed E-state index contributed by atoms with van der Waals surface area (Å²) in [5.41, 5.74) is 5.08. The number of likely N-dealkylation sites (tertiary alicyclic amines) is 1. The summed E-state index contributed by atoms with van der Waals surface area (Å²) in [5, 5.41) is 12.2. The molecule has 1 atom stereocenters. The first kappa shape index (κ1) is 34.9. The molecule has 0 spiro atoms. The van der Waals surface area contributed by atoms with Crippen LogP contribution in [0, 0.1) is 11.8 Å². The highest BCUT2D eigenvalue weighted by atomic mass is 16.4. The summed E-state index contributed by atoms with van der Waals surface area (Å²) in [5.74, 6) is 0.386. The average Bonchev–Trinajstić information content (AvgIpc) is 3.10. The van der Waals surface area contributed by atoms with Crippen LogP contribution in [0.4, 0.5) is 0 Å². The van der Waals surface area contributed by atoms with Crippen LogP contribution in [0.5, 0.6) is 0 Å². The van der Waals surface area contributed by atoms with Gasteiger partial charge in [0, 0.05) is 60.8 Å². The number of rotatable bonds is 10. The molecule has 2 amide bonds. The Morgan fingerprint density at radius 3 is 1.98 bits per heavy atom. The molecule has 3 heterocycles. The van der Waals surface area contributed by atoms with E-state index in [2.05, 4.69) is 56.4 Å². The summed E-state index contributed by atoms with van der Waals surface area (Å²) < 4.78 is 0. The normalized spacial score (nSPS) is 18.6. The molecular formula is C40H46N6O4. The minimum Gasteiger partial charge on any atom is -0.481 e. The standard InChI is InChI=1S/C40H46N6O4/c1-5-25-6-10-27(11-7-25)28-14-16-29(17-15-28)31-19-41-35(42-20-31)30-12-8-26(9-13-30)18-34(37(48)46-23-33(24-46)38(49)50)45-36(47)32-21-43-39(44-22-32)40(2,3)4/h8-9,12-17,19-22,25,27,33-34H,5-7,10-11,18,23-24H2,1-4H3,(H,45,47)(H,49,50)/t25-,27-,34-/m0/s1. The number of hydrogen-bond acceptors (Lipinski definition) is 7. The van der Waals surface area contributed by atoms with Gasteiger partial charge in [-0.15, -0.1) is 0 Å². The van der Waals surface area contributed by atoms with Crippen molar-refractivity contribution in [3.63, 3.8) is 0 Å². The van der Waals surface area contributed by atoms with Gasteiger partial charge in [0.25, 0.3) is 5.91 Å². The molecule has 2 aromatic heterocycles. The summed E-state index contributed by atoms with van der Waals surface area (Å²) in [6.45, 7) is 8.47. The zero-order chi connectivity index (χ0) is 35.4. The molecule has 50 heavy (non-hydrogen) atoms. The van der Waals surface area contributed by atoms with E-state index in [1.165, 1.54) is 55.0 Å². The Kier molecular flexibility index (Phi) is 10.4. The molecule has 6 rings (SSSR count). The van der Waals surface area contributed by atoms with Gasteiger partial charge in [-0.1, -0.05) is 82.6 Å². The van der Waals surface area contributed by atoms with Crippen LogP contribution in [0.25, 0.3) is 22.5 Å². The van der Waals surface area contributed by atoms with Crippen molar-refractivity contribution < 1.29 is 19.5 Å². The number of carbonyl (C=O) groups excluding carboxylic acids is 2. The quantitative estimate of drug-likeness (QED) is 0.195. The number of nitrogens with zero attached hydrogens (tertiary/aromatic N) is 5. The maximum absolute atomic E-state index is 13.5. The lowest BCUT2D eigenvalue weighted by Crippen LogP contribution is -2.59. The van der Waals surface area contributed by atoms with Gasteiger partial charge in [0.2, 0.25) is 5.91 Å². The maximum Gasteiger partial charge on any atom is 0.310 e. The highest BCUT2D eigenvalue weighted by Crippen LogP contribution is 2.37. The van der Waals surface area contributed by atoms with Crippen molar-refractivity contribution in [2.45, 2.75) is 83.6 Å². The van der Waals surface area contributed by atoms with Crippen LogP contribution in [-0.4, -0.2) is 66.9 Å². The van der Waals surface area contributed by atoms with Crippen molar-refractivity contribution >= 4 is 17.8 Å². The molecule has 2 aliphatic rings. The summed E-state index contributed by atoms with van der Waals surface area (Å²) in [6, 6.07) is 15.5. The van der Waals surface area contributed by atoms with Crippen molar-refractivity contribution in [2.75, 3.05) is 13.1 Å². The Labute approximate surface area is 293 Å². The number of benzene rings is 2. The van der Waals surface area contributed by atoms with Crippen LogP contribution >= 0.6 is 0 Å². The first-order chi connectivity index (χ1) is 24.0. The topological polar surface area (TPSA) is 138 Å². The molecule has 260 valence electrons. The van der Waals surface area contributed by atoms with E-state index in [9.17, 15) is 19.5 Å². The molecular weight excluding hydrogens is 628 g/mol. The van der Waals surface area contributed by atoms with Gasteiger partial charge in [0.05, 0.1) is 11.5 Å². The summed E-state index contributed by atoms with van der Waals surface area (Å²) in [7, 11) is 0. The summed E-state index contributed by atoms with van der Waals surface area (Å²) in [6.07, 6.45) is 13.3. The van der Waals surface area contributed by atoms with Crippen molar-refractivity contribution in [2.24, 2.45) is 11.8 Å². The molecule has 10 heteroatoms. The van der Waals surface area contributed by atoms with E-state index in [-0.39, 0.29) is 36.4 Å². The molecule has 4 aromatic rings. The van der Waals surface area contributed by atoms with Crippen molar-refractivity contribution in [3.05, 3.63) is 95.8 Å². The smallest absolute Gasteiger partial charge is 0.310 e. The van der Waals surface area contributed by atoms with Crippen molar-refractivity contribution in [1.29, 1.82) is 0 Å². The van der Waals surface area contributed by atoms with Crippen LogP contribution < -0.4 is 5.32 Å². The number of nitrogens with one attached hydrogen (secondary N) is 1. The maximum atomic E-state index is 13.5. The Hall–Kier alpha value is -4.99. The fraction of sp³-hybridized carbons (Fsp3) is 0.425. The Balaban J connectivity index is 1.11. The second kappa shape index (κ2) is 14.9. The minimum atomic E-state index is -0.936. The molecule has 2 N–H and O–H groups in total. The molecule has 10 nitrogen and oxygen atoms in total. The van der Waals surface area contributed by atoms with Crippen LogP contribution in [0.15, 0.2) is 73.3 Å². The highest BCUT2D eigenvalue weighted by molar-refractivity contribution is 5.97. The SMILES string of the molecule is CC[C@H]1CC[C@H](c2ccc(-c3cnc(-c4ccc(C[C@H](NC(=O)c5cnc(C(C)(C)C)nc5)C(=O)N5CC(C(=O)O)C5)cc4)nc3)cc2)CC1. The average molecular weight is 675 g/mol. The molecule has 1 aliphatic heterocycles. The molecule has 2 fully saturated rings. The third-order valence-electron chi connectivity index (χ3n) is 10.2. The van der Waals surface area contributed by atoms with E-state index in [0.717, 1.165) is 28.2 Å². The Morgan fingerprint density at radius 1 is 0.820 bits per heavy atom. The Bertz CT molecular complexity index is 1790. The van der Waals surface area contributed by atoms with E-state index >= 15 is 0 Å². The van der Waals surface area contributed by atoms with Gasteiger partial charge in [-0.3, -0.25) is 14.4 Å². The fourth-order valence-electron chi connectivity index (χ4n) is 6.81. The Morgan fingerprint density at radius 2 is 1.42 bits per heavy atom. The van der Waals surface area contributed by atoms with Gasteiger partial charge < -0.3 is 15.3 Å². The number of carboxylic acids is 1. The monoisotopic (exact) mass is 674 g/mol. The summed E-state index contributed by atoms with van der Waals surface area (Å²) in [4.78, 5) is 57.5. The van der Waals surface area contributed by atoms with Gasteiger partial charge in [-0.25, -0.2) is 19.9 Å². The number of carbonyl (C=O) groups is 3. The van der Waals surface area contributed by atoms with Crippen molar-refractivity contribution in [3.8, 4) is 22.5 Å². The predicted molar refractivity (Wildman–Crippen MR) is 191 cm³/mol. The van der Waals surface area contributed by atoms with Gasteiger partial charge in [0.15, 0.2) is 5.82 Å². The molecule has 0 radical (unpaired) electrons. The number of hydrogen-bond donors (Lipinski definition) is 2. The van der Waals surface area contributed by atoms with Crippen LogP contribution in [0.2, 0.25) is 0 Å². The van der Waals surface area contributed by atoms with Gasteiger partial charge in [-0.2, -0.15) is 0 Å². The second-order valence-corrected chi connectivity index (χ2v) is 14.8. The number of aromatic nitrogens is 4. The van der Waals surface area contributed by atoms with E-state index in [0.29, 0.717) is 17.6 Å². The molecule has 1 aliphatic carbocycles. The molecule has 1 saturated heterocycles. The highest BCUT2D eigenvalue weighted by Gasteiger charge is 2.39. The third-order valence-corrected chi connectivity index (χ3v) is 10.2. The lowest BCUT2D eigenvalue weighted by atomic mass is 9.78. The molecule has 1 saturated carbocycles. The molecule has 0 unspecified atom stereocenters. The van der Waals surface area contributed by atoms with Gasteiger partial charge in [-0.05, 0) is 54.2 Å². The molecule has 0 bridgehead atoms. The zero-order valence-electron chi connectivity index (χ0n) is 29.3. The molecule has 2 aromatic carbocycles. The third kappa shape index (κ3) is 8.07. The number of amides is 2. The van der Waals surface area contributed by atoms with Crippen LogP contribution in [0.3, 0.4) is 0 Å². The second-order valence-electron chi connectivity index (χ2n) is 14.8. The van der Waals surface area contributed by atoms with Crippen molar-refractivity contribution in [1.82, 2.24) is 30.2 Å².